The molecular formula is C51H34BN3OS. The summed E-state index contributed by atoms with van der Waals surface area (Å²) in [6, 6.07) is 67.8. The third-order valence-electron chi connectivity index (χ3n) is 11.6. The molecule has 8 aromatic carbocycles. The number of fused-ring (bicyclic) bond motifs is 9. The predicted octanol–water partition coefficient (Wildman–Crippen LogP) is 12.2. The Morgan fingerprint density at radius 2 is 1.11 bits per heavy atom. The summed E-state index contributed by atoms with van der Waals surface area (Å²) in [5.41, 5.74) is 15.4. The first kappa shape index (κ1) is 32.2. The van der Waals surface area contributed by atoms with E-state index in [9.17, 15) is 0 Å². The fraction of sp³-hybridized carbons (Fsp3) is 0.0196. The minimum atomic E-state index is 0.0404. The fourth-order valence-electron chi connectivity index (χ4n) is 9.33. The number of anilines is 6. The average molecular weight is 748 g/mol. The highest BCUT2D eigenvalue weighted by molar-refractivity contribution is 7.27. The molecule has 0 spiro atoms. The molecule has 0 unspecified atom stereocenters. The van der Waals surface area contributed by atoms with E-state index >= 15 is 0 Å². The van der Waals surface area contributed by atoms with Gasteiger partial charge in [-0.25, -0.2) is 0 Å². The average Bonchev–Trinajstić information content (AvgIpc) is 3.79. The fourth-order valence-corrected chi connectivity index (χ4v) is 10.6. The van der Waals surface area contributed by atoms with Crippen molar-refractivity contribution in [1.82, 2.24) is 4.57 Å². The Hall–Kier alpha value is -7.02. The quantitative estimate of drug-likeness (QED) is 0.158. The van der Waals surface area contributed by atoms with Gasteiger partial charge in [-0.1, -0.05) is 97.1 Å². The van der Waals surface area contributed by atoms with Gasteiger partial charge in [0.2, 0.25) is 0 Å². The van der Waals surface area contributed by atoms with Crippen molar-refractivity contribution in [2.45, 2.75) is 6.92 Å². The molecule has 0 radical (unpaired) electrons. The molecule has 57 heavy (non-hydrogen) atoms. The van der Waals surface area contributed by atoms with Crippen molar-refractivity contribution in [3.05, 3.63) is 194 Å². The standard InChI is InChI=1S/C51H34BN3OS/c1-33-30-43-48-45(31-33)56-44-25-15-14-24-40(44)52(48)41-28-29-42(54(36-20-10-4-11-21-36)37-22-12-5-13-23-37)47-50(41)55(43)49-39-27-26-38(32-46(39)57-51(47)49)53(34-16-6-2-7-17-34)35-18-8-3-9-19-35/h2-32H,1H3. The first-order chi connectivity index (χ1) is 28.2. The Kier molecular flexibility index (Phi) is 7.07. The number of ether oxygens (including phenoxy) is 1. The number of rotatable bonds is 6. The maximum absolute atomic E-state index is 6.75. The van der Waals surface area contributed by atoms with Crippen LogP contribution in [-0.4, -0.2) is 11.3 Å². The minimum absolute atomic E-state index is 0.0404. The van der Waals surface area contributed by atoms with Crippen molar-refractivity contribution in [3.8, 4) is 17.2 Å². The normalized spacial score (nSPS) is 12.4. The lowest BCUT2D eigenvalue weighted by Crippen LogP contribution is -2.58. The zero-order valence-corrected chi connectivity index (χ0v) is 31.9. The summed E-state index contributed by atoms with van der Waals surface area (Å²) >= 11 is 1.90. The Morgan fingerprint density at radius 1 is 0.509 bits per heavy atom. The molecular weight excluding hydrogens is 713 g/mol. The van der Waals surface area contributed by atoms with Crippen LogP contribution in [-0.2, 0) is 0 Å². The Balaban J connectivity index is 1.20. The maximum atomic E-state index is 6.75. The highest BCUT2D eigenvalue weighted by Gasteiger charge is 2.42. The predicted molar refractivity (Wildman–Crippen MR) is 241 cm³/mol. The van der Waals surface area contributed by atoms with E-state index in [1.54, 1.807) is 0 Å². The van der Waals surface area contributed by atoms with E-state index in [4.69, 9.17) is 4.74 Å². The molecule has 0 saturated carbocycles. The van der Waals surface area contributed by atoms with Gasteiger partial charge >= 0.3 is 0 Å². The molecule has 4 nitrogen and oxygen atoms in total. The van der Waals surface area contributed by atoms with Crippen LogP contribution in [0.25, 0.3) is 36.9 Å². The molecule has 12 rings (SSSR count). The smallest absolute Gasteiger partial charge is 0.256 e. The van der Waals surface area contributed by atoms with Crippen molar-refractivity contribution < 1.29 is 4.74 Å². The van der Waals surface area contributed by atoms with E-state index < -0.39 is 0 Å². The summed E-state index contributed by atoms with van der Waals surface area (Å²) in [4.78, 5) is 4.78. The van der Waals surface area contributed by atoms with Crippen LogP contribution in [0.3, 0.4) is 0 Å². The van der Waals surface area contributed by atoms with Crippen molar-refractivity contribution in [2.75, 3.05) is 9.80 Å². The van der Waals surface area contributed by atoms with Crippen LogP contribution in [0.4, 0.5) is 34.1 Å². The van der Waals surface area contributed by atoms with Gasteiger partial charge in [-0.15, -0.1) is 11.3 Å². The monoisotopic (exact) mass is 747 g/mol. The van der Waals surface area contributed by atoms with Gasteiger partial charge in [-0.05, 0) is 120 Å². The number of aryl methyl sites for hydroxylation is 1. The lowest BCUT2D eigenvalue weighted by molar-refractivity contribution is 0.487. The highest BCUT2D eigenvalue weighted by Crippen LogP contribution is 2.50. The molecule has 2 aliphatic heterocycles. The molecule has 0 atom stereocenters. The van der Waals surface area contributed by atoms with Crippen LogP contribution < -0.4 is 30.9 Å². The summed E-state index contributed by atoms with van der Waals surface area (Å²) in [7, 11) is 0. The topological polar surface area (TPSA) is 20.6 Å². The summed E-state index contributed by atoms with van der Waals surface area (Å²) in [5, 5.41) is 2.50. The highest BCUT2D eigenvalue weighted by atomic mass is 32.1. The number of benzene rings is 8. The molecule has 10 aromatic rings. The first-order valence-corrected chi connectivity index (χ1v) is 20.3. The van der Waals surface area contributed by atoms with Crippen molar-refractivity contribution in [3.63, 3.8) is 0 Å². The minimum Gasteiger partial charge on any atom is -0.458 e. The van der Waals surface area contributed by atoms with Gasteiger partial charge in [-0.3, -0.25) is 0 Å². The summed E-state index contributed by atoms with van der Waals surface area (Å²) < 4.78 is 11.8. The number of hydrogen-bond acceptors (Lipinski definition) is 4. The van der Waals surface area contributed by atoms with Gasteiger partial charge in [0.05, 0.1) is 21.4 Å². The van der Waals surface area contributed by atoms with Gasteiger partial charge in [0, 0.05) is 49.6 Å². The van der Waals surface area contributed by atoms with Crippen molar-refractivity contribution >= 4 is 99.8 Å². The zero-order chi connectivity index (χ0) is 37.6. The van der Waals surface area contributed by atoms with E-state index in [-0.39, 0.29) is 6.71 Å². The van der Waals surface area contributed by atoms with Crippen LogP contribution in [0, 0.1) is 6.92 Å². The van der Waals surface area contributed by atoms with Gasteiger partial charge in [0.15, 0.2) is 0 Å². The van der Waals surface area contributed by atoms with Crippen LogP contribution in [0.2, 0.25) is 0 Å². The summed E-state index contributed by atoms with van der Waals surface area (Å²) in [5.74, 6) is 1.87. The van der Waals surface area contributed by atoms with E-state index in [0.717, 1.165) is 45.6 Å². The largest absolute Gasteiger partial charge is 0.458 e. The van der Waals surface area contributed by atoms with E-state index in [1.807, 2.05) is 11.3 Å². The van der Waals surface area contributed by atoms with E-state index in [1.165, 1.54) is 58.8 Å². The molecule has 0 amide bonds. The van der Waals surface area contributed by atoms with Crippen molar-refractivity contribution in [2.24, 2.45) is 0 Å². The lowest BCUT2D eigenvalue weighted by Gasteiger charge is -2.34. The van der Waals surface area contributed by atoms with Crippen LogP contribution in [0.5, 0.6) is 11.5 Å². The molecule has 0 saturated heterocycles. The third-order valence-corrected chi connectivity index (χ3v) is 12.8. The second-order valence-corrected chi connectivity index (χ2v) is 16.0. The number of aromatic nitrogens is 1. The molecule has 0 aliphatic carbocycles. The molecule has 2 aliphatic rings. The first-order valence-electron chi connectivity index (χ1n) is 19.5. The SMILES string of the molecule is Cc1cc2c3c(c1)-n1c4c(ccc(N(c5ccccc5)c5ccccc5)c4c4sc5cc(N(c6ccccc6)c6ccccc6)ccc5c41)B3c1ccccc1O2. The molecule has 0 bridgehead atoms. The van der Waals surface area contributed by atoms with Crippen molar-refractivity contribution in [1.29, 1.82) is 0 Å². The van der Waals surface area contributed by atoms with Gasteiger partial charge in [0.25, 0.3) is 6.71 Å². The molecule has 268 valence electrons. The Bertz CT molecular complexity index is 3100. The van der Waals surface area contributed by atoms with Gasteiger partial charge < -0.3 is 19.1 Å². The van der Waals surface area contributed by atoms with Crippen LogP contribution in [0.15, 0.2) is 188 Å². The number of hydrogen-bond donors (Lipinski definition) is 0. The van der Waals surface area contributed by atoms with E-state index in [0.29, 0.717) is 0 Å². The Labute approximate surface area is 335 Å². The maximum Gasteiger partial charge on any atom is 0.256 e. The number of nitrogens with zero attached hydrogens (tertiary/aromatic N) is 3. The lowest BCUT2D eigenvalue weighted by atomic mass is 9.34. The molecule has 0 N–H and O–H groups in total. The number of thiophene rings is 1. The summed E-state index contributed by atoms with van der Waals surface area (Å²) in [6.07, 6.45) is 0. The van der Waals surface area contributed by atoms with E-state index in [2.05, 4.69) is 209 Å². The van der Waals surface area contributed by atoms with Crippen LogP contribution in [0.1, 0.15) is 5.56 Å². The zero-order valence-electron chi connectivity index (χ0n) is 31.1. The molecule has 6 heteroatoms. The number of para-hydroxylation sites is 5. The molecule has 0 fully saturated rings. The van der Waals surface area contributed by atoms with Gasteiger partial charge in [0.1, 0.15) is 11.5 Å². The van der Waals surface area contributed by atoms with Gasteiger partial charge in [-0.2, -0.15) is 0 Å². The summed E-state index contributed by atoms with van der Waals surface area (Å²) in [6.45, 7) is 2.23. The Morgan fingerprint density at radius 3 is 1.75 bits per heavy atom. The molecule has 2 aromatic heterocycles. The third kappa shape index (κ3) is 4.81. The second-order valence-electron chi connectivity index (χ2n) is 15.0. The molecule has 4 heterocycles. The van der Waals surface area contributed by atoms with Crippen LogP contribution >= 0.6 is 11.3 Å². The second kappa shape index (κ2) is 12.5.